The van der Waals surface area contributed by atoms with Crippen molar-refractivity contribution in [3.63, 3.8) is 0 Å². The third-order valence-corrected chi connectivity index (χ3v) is 0.471. The zero-order valence-electron chi connectivity index (χ0n) is 5.78. The maximum absolute atomic E-state index is 3.00. The highest BCUT2D eigenvalue weighted by molar-refractivity contribution is 4.73. The second-order valence-electron chi connectivity index (χ2n) is 0.977. The summed E-state index contributed by atoms with van der Waals surface area (Å²) < 4.78 is 0. The summed E-state index contributed by atoms with van der Waals surface area (Å²) in [6.45, 7) is 10.2. The summed E-state index contributed by atoms with van der Waals surface area (Å²) in [6.07, 6.45) is 5.34. The maximum Gasteiger partial charge on any atom is -0.0379 e. The summed E-state index contributed by atoms with van der Waals surface area (Å²) in [5.74, 6) is 0. The number of hydrogen-bond donors (Lipinski definition) is 0. The molecule has 0 saturated carbocycles. The molecule has 0 aliphatic rings. The fourth-order valence-electron chi connectivity index (χ4n) is 0.236. The van der Waals surface area contributed by atoms with Gasteiger partial charge in [0.25, 0.3) is 0 Å². The summed E-state index contributed by atoms with van der Waals surface area (Å²) in [5, 5.41) is 0. The molecule has 0 fully saturated rings. The number of rotatable bonds is 1. The molecule has 0 bridgehead atoms. The van der Waals surface area contributed by atoms with Crippen LogP contribution in [0, 0.1) is 0 Å². The molecule has 0 aromatic carbocycles. The van der Waals surface area contributed by atoms with E-state index >= 15 is 0 Å². The Kier molecular flexibility index (Phi) is 62.6. The van der Waals surface area contributed by atoms with E-state index in [9.17, 15) is 0 Å². The van der Waals surface area contributed by atoms with Crippen LogP contribution in [-0.4, -0.2) is 5.48 Å². The van der Waals surface area contributed by atoms with Gasteiger partial charge >= 0.3 is 0 Å². The second kappa shape index (κ2) is 32.0. The molecular formula is C7H16O. The number of hydrogen-bond acceptors (Lipinski definition) is 0. The molecule has 0 spiro atoms. The average molecular weight is 116 g/mol. The van der Waals surface area contributed by atoms with Gasteiger partial charge in [0.2, 0.25) is 0 Å². The molecule has 50 valence electrons. The van der Waals surface area contributed by atoms with E-state index in [4.69, 9.17) is 0 Å². The molecule has 0 unspecified atom stereocenters. The van der Waals surface area contributed by atoms with E-state index in [-0.39, 0.29) is 5.48 Å². The van der Waals surface area contributed by atoms with Crippen LogP contribution >= 0.6 is 0 Å². The van der Waals surface area contributed by atoms with Gasteiger partial charge in [-0.3, -0.25) is 0 Å². The molecule has 0 heterocycles. The van der Waals surface area contributed by atoms with Crippen molar-refractivity contribution in [2.75, 3.05) is 0 Å². The molecular weight excluding hydrogens is 100 g/mol. The first-order chi connectivity index (χ1) is 3.41. The lowest BCUT2D eigenvalue weighted by Gasteiger charge is -1.65. The second-order valence-corrected chi connectivity index (χ2v) is 0.977. The molecule has 0 rings (SSSR count). The molecule has 0 aliphatic heterocycles. The van der Waals surface area contributed by atoms with Gasteiger partial charge in [-0.25, -0.2) is 0 Å². The van der Waals surface area contributed by atoms with E-state index < -0.39 is 0 Å². The Hall–Kier alpha value is -0.560. The molecule has 0 saturated heterocycles. The van der Waals surface area contributed by atoms with Crippen LogP contribution in [0.25, 0.3) is 0 Å². The molecule has 8 heavy (non-hydrogen) atoms. The standard InChI is InChI=1S/C5H10.C2H4.H2O/c1-3-5-4-2;1-2;/h3,5H,4H2,1-2H3;1-2H2;1H2. The van der Waals surface area contributed by atoms with Crippen LogP contribution in [0.1, 0.15) is 20.3 Å². The van der Waals surface area contributed by atoms with E-state index in [0.29, 0.717) is 0 Å². The highest BCUT2D eigenvalue weighted by Gasteiger charge is 1.52. The molecule has 0 atom stereocenters. The Balaban J connectivity index is -0.0000000750. The summed E-state index contributed by atoms with van der Waals surface area (Å²) >= 11 is 0. The largest absolute Gasteiger partial charge is 0.412 e. The quantitative estimate of drug-likeness (QED) is 0.469. The Morgan fingerprint density at radius 1 is 1.38 bits per heavy atom. The van der Waals surface area contributed by atoms with E-state index in [0.717, 1.165) is 6.42 Å². The number of allylic oxidation sites excluding steroid dienone is 2. The zero-order valence-corrected chi connectivity index (χ0v) is 5.78. The molecule has 2 N–H and O–H groups in total. The molecule has 0 radical (unpaired) electrons. The Morgan fingerprint density at radius 2 is 1.75 bits per heavy atom. The lowest BCUT2D eigenvalue weighted by Crippen LogP contribution is -1.43. The molecule has 1 nitrogen and oxygen atoms in total. The van der Waals surface area contributed by atoms with Gasteiger partial charge in [0.1, 0.15) is 0 Å². The van der Waals surface area contributed by atoms with Crippen LogP contribution in [0.4, 0.5) is 0 Å². The van der Waals surface area contributed by atoms with E-state index in [1.807, 2.05) is 6.92 Å². The third-order valence-electron chi connectivity index (χ3n) is 0.471. The van der Waals surface area contributed by atoms with Crippen molar-refractivity contribution in [2.24, 2.45) is 0 Å². The molecule has 0 aromatic heterocycles. The van der Waals surface area contributed by atoms with E-state index in [2.05, 4.69) is 32.2 Å². The van der Waals surface area contributed by atoms with Gasteiger partial charge in [-0.15, -0.1) is 13.2 Å². The predicted octanol–water partition coefficient (Wildman–Crippen LogP) is 1.95. The van der Waals surface area contributed by atoms with Crippen molar-refractivity contribution in [3.05, 3.63) is 25.3 Å². The first kappa shape index (κ1) is 15.7. The zero-order chi connectivity index (χ0) is 6.12. The van der Waals surface area contributed by atoms with Gasteiger partial charge in [0.15, 0.2) is 0 Å². The Bertz CT molecular complexity index is 39.7. The van der Waals surface area contributed by atoms with Crippen molar-refractivity contribution in [1.29, 1.82) is 0 Å². The molecule has 0 aromatic rings. The smallest absolute Gasteiger partial charge is 0.0379 e. The summed E-state index contributed by atoms with van der Waals surface area (Å²) in [6, 6.07) is 0. The summed E-state index contributed by atoms with van der Waals surface area (Å²) in [5.41, 5.74) is 0. The Morgan fingerprint density at radius 3 is 1.75 bits per heavy atom. The highest BCUT2D eigenvalue weighted by Crippen LogP contribution is 1.73. The van der Waals surface area contributed by atoms with Gasteiger partial charge in [-0.1, -0.05) is 19.1 Å². The minimum Gasteiger partial charge on any atom is -0.412 e. The molecule has 0 aliphatic carbocycles. The SMILES string of the molecule is C=C.CC=CCC.O. The highest BCUT2D eigenvalue weighted by atomic mass is 16.0. The lowest BCUT2D eigenvalue weighted by molar-refractivity contribution is 0.824. The van der Waals surface area contributed by atoms with Crippen LogP contribution in [0.5, 0.6) is 0 Å². The minimum absolute atomic E-state index is 0. The Labute approximate surface area is 52.0 Å². The van der Waals surface area contributed by atoms with Gasteiger partial charge < -0.3 is 5.48 Å². The maximum atomic E-state index is 3.00. The van der Waals surface area contributed by atoms with Gasteiger partial charge in [0.05, 0.1) is 0 Å². The van der Waals surface area contributed by atoms with E-state index in [1.54, 1.807) is 0 Å². The van der Waals surface area contributed by atoms with Crippen molar-refractivity contribution < 1.29 is 5.48 Å². The van der Waals surface area contributed by atoms with Crippen LogP contribution < -0.4 is 0 Å². The fourth-order valence-corrected chi connectivity index (χ4v) is 0.236. The minimum atomic E-state index is 0. The fraction of sp³-hybridized carbons (Fsp3) is 0.429. The van der Waals surface area contributed by atoms with Crippen molar-refractivity contribution in [1.82, 2.24) is 0 Å². The molecule has 0 amide bonds. The van der Waals surface area contributed by atoms with Crippen LogP contribution in [-0.2, 0) is 0 Å². The lowest BCUT2D eigenvalue weighted by atomic mass is 10.4. The third kappa shape index (κ3) is 51.7. The van der Waals surface area contributed by atoms with Crippen LogP contribution in [0.2, 0.25) is 0 Å². The first-order valence-corrected chi connectivity index (χ1v) is 2.53. The van der Waals surface area contributed by atoms with Crippen LogP contribution in [0.3, 0.4) is 0 Å². The van der Waals surface area contributed by atoms with Gasteiger partial charge in [-0.2, -0.15) is 0 Å². The van der Waals surface area contributed by atoms with E-state index in [1.165, 1.54) is 0 Å². The molecule has 1 heteroatoms. The predicted molar refractivity (Wildman–Crippen MR) is 40.0 cm³/mol. The van der Waals surface area contributed by atoms with Crippen molar-refractivity contribution >= 4 is 0 Å². The summed E-state index contributed by atoms with van der Waals surface area (Å²) in [7, 11) is 0. The average Bonchev–Trinajstić information content (AvgIpc) is 1.75. The monoisotopic (exact) mass is 116 g/mol. The summed E-state index contributed by atoms with van der Waals surface area (Å²) in [4.78, 5) is 0. The van der Waals surface area contributed by atoms with Gasteiger partial charge in [-0.05, 0) is 13.3 Å². The topological polar surface area (TPSA) is 31.5 Å². The van der Waals surface area contributed by atoms with Crippen molar-refractivity contribution in [2.45, 2.75) is 20.3 Å². The normalized spacial score (nSPS) is 6.75. The van der Waals surface area contributed by atoms with Crippen LogP contribution in [0.15, 0.2) is 25.3 Å². The van der Waals surface area contributed by atoms with Gasteiger partial charge in [0, 0.05) is 0 Å². The first-order valence-electron chi connectivity index (χ1n) is 2.53. The van der Waals surface area contributed by atoms with Crippen molar-refractivity contribution in [3.8, 4) is 0 Å².